The third-order valence-corrected chi connectivity index (χ3v) is 4.44. The summed E-state index contributed by atoms with van der Waals surface area (Å²) in [5.41, 5.74) is 1.28. The SMILES string of the molecule is O=C(O)COc1ccc(NC(=O)C2(c3ccccc3)CCC2)cc1. The van der Waals surface area contributed by atoms with Gasteiger partial charge in [-0.1, -0.05) is 36.8 Å². The van der Waals surface area contributed by atoms with E-state index in [1.54, 1.807) is 24.3 Å². The summed E-state index contributed by atoms with van der Waals surface area (Å²) in [6.45, 7) is -0.386. The molecule has 0 heterocycles. The van der Waals surface area contributed by atoms with Crippen LogP contribution < -0.4 is 10.1 Å². The number of hydrogen-bond acceptors (Lipinski definition) is 3. The number of carbonyl (C=O) groups excluding carboxylic acids is 1. The average molecular weight is 325 g/mol. The van der Waals surface area contributed by atoms with Gasteiger partial charge in [-0.3, -0.25) is 4.79 Å². The van der Waals surface area contributed by atoms with Crippen molar-refractivity contribution in [1.82, 2.24) is 0 Å². The van der Waals surface area contributed by atoms with Gasteiger partial charge in [-0.05, 0) is 42.7 Å². The smallest absolute Gasteiger partial charge is 0.341 e. The number of carboxylic acids is 1. The lowest BCUT2D eigenvalue weighted by Gasteiger charge is -2.40. The summed E-state index contributed by atoms with van der Waals surface area (Å²) in [6.07, 6.45) is 2.75. The number of rotatable bonds is 6. The molecule has 3 rings (SSSR count). The predicted octanol–water partition coefficient (Wildman–Crippen LogP) is 3.21. The molecular weight excluding hydrogens is 306 g/mol. The lowest BCUT2D eigenvalue weighted by Crippen LogP contribution is -2.45. The minimum atomic E-state index is -1.03. The lowest BCUT2D eigenvalue weighted by atomic mass is 9.64. The summed E-state index contributed by atoms with van der Waals surface area (Å²) in [5, 5.41) is 11.6. The van der Waals surface area contributed by atoms with Crippen molar-refractivity contribution in [2.45, 2.75) is 24.7 Å². The number of carboxylic acid groups (broad SMARTS) is 1. The molecule has 2 N–H and O–H groups in total. The van der Waals surface area contributed by atoms with Crippen molar-refractivity contribution in [2.24, 2.45) is 0 Å². The number of amides is 1. The number of nitrogens with one attached hydrogen (secondary N) is 1. The van der Waals surface area contributed by atoms with Crippen LogP contribution in [0.4, 0.5) is 5.69 Å². The van der Waals surface area contributed by atoms with Crippen LogP contribution in [-0.4, -0.2) is 23.6 Å². The van der Waals surface area contributed by atoms with Gasteiger partial charge in [0.15, 0.2) is 6.61 Å². The quantitative estimate of drug-likeness (QED) is 0.855. The van der Waals surface area contributed by atoms with Crippen molar-refractivity contribution in [3.63, 3.8) is 0 Å². The Morgan fingerprint density at radius 1 is 1.04 bits per heavy atom. The zero-order valence-electron chi connectivity index (χ0n) is 13.2. The van der Waals surface area contributed by atoms with Crippen molar-refractivity contribution in [1.29, 1.82) is 0 Å². The van der Waals surface area contributed by atoms with E-state index in [0.29, 0.717) is 11.4 Å². The highest BCUT2D eigenvalue weighted by Crippen LogP contribution is 2.44. The topological polar surface area (TPSA) is 75.6 Å². The molecule has 1 aliphatic rings. The molecule has 124 valence electrons. The van der Waals surface area contributed by atoms with Gasteiger partial charge in [0, 0.05) is 5.69 Å². The van der Waals surface area contributed by atoms with Crippen LogP contribution in [0.15, 0.2) is 54.6 Å². The minimum absolute atomic E-state index is 0.000783. The maximum atomic E-state index is 12.8. The van der Waals surface area contributed by atoms with E-state index in [4.69, 9.17) is 9.84 Å². The van der Waals surface area contributed by atoms with E-state index >= 15 is 0 Å². The van der Waals surface area contributed by atoms with E-state index in [0.717, 1.165) is 24.8 Å². The molecule has 0 aliphatic heterocycles. The Morgan fingerprint density at radius 3 is 2.25 bits per heavy atom. The average Bonchev–Trinajstić information content (AvgIpc) is 2.54. The van der Waals surface area contributed by atoms with Gasteiger partial charge in [-0.2, -0.15) is 0 Å². The Kier molecular flexibility index (Phi) is 4.51. The third-order valence-electron chi connectivity index (χ3n) is 4.44. The van der Waals surface area contributed by atoms with Gasteiger partial charge in [-0.15, -0.1) is 0 Å². The van der Waals surface area contributed by atoms with E-state index in [1.807, 2.05) is 30.3 Å². The molecular formula is C19H19NO4. The van der Waals surface area contributed by atoms with Gasteiger partial charge >= 0.3 is 5.97 Å². The molecule has 0 saturated heterocycles. The summed E-state index contributed by atoms with van der Waals surface area (Å²) >= 11 is 0. The van der Waals surface area contributed by atoms with Crippen LogP contribution >= 0.6 is 0 Å². The summed E-state index contributed by atoms with van der Waals surface area (Å²) < 4.78 is 5.08. The number of benzene rings is 2. The van der Waals surface area contributed by atoms with Gasteiger partial charge in [0.25, 0.3) is 0 Å². The zero-order valence-corrected chi connectivity index (χ0v) is 13.2. The predicted molar refractivity (Wildman–Crippen MR) is 90.2 cm³/mol. The summed E-state index contributed by atoms with van der Waals surface area (Å²) in [7, 11) is 0. The Morgan fingerprint density at radius 2 is 1.71 bits per heavy atom. The highest BCUT2D eigenvalue weighted by molar-refractivity contribution is 5.99. The molecule has 0 bridgehead atoms. The number of hydrogen-bond donors (Lipinski definition) is 2. The molecule has 1 saturated carbocycles. The largest absolute Gasteiger partial charge is 0.482 e. The van der Waals surface area contributed by atoms with Crippen LogP contribution in [0.3, 0.4) is 0 Å². The molecule has 2 aromatic rings. The van der Waals surface area contributed by atoms with E-state index in [2.05, 4.69) is 5.32 Å². The molecule has 24 heavy (non-hydrogen) atoms. The zero-order chi connectivity index (χ0) is 17.0. The molecule has 2 aromatic carbocycles. The van der Waals surface area contributed by atoms with Crippen LogP contribution in [0.5, 0.6) is 5.75 Å². The molecule has 0 unspecified atom stereocenters. The molecule has 0 radical (unpaired) electrons. The highest BCUT2D eigenvalue weighted by Gasteiger charge is 2.45. The first-order valence-electron chi connectivity index (χ1n) is 7.92. The number of ether oxygens (including phenoxy) is 1. The van der Waals surface area contributed by atoms with E-state index in [-0.39, 0.29) is 12.5 Å². The van der Waals surface area contributed by atoms with Crippen LogP contribution in [0.2, 0.25) is 0 Å². The maximum absolute atomic E-state index is 12.8. The first-order chi connectivity index (χ1) is 11.6. The van der Waals surface area contributed by atoms with Crippen LogP contribution in [0.25, 0.3) is 0 Å². The Hall–Kier alpha value is -2.82. The lowest BCUT2D eigenvalue weighted by molar-refractivity contribution is -0.139. The summed E-state index contributed by atoms with van der Waals surface area (Å²) in [4.78, 5) is 23.3. The van der Waals surface area contributed by atoms with E-state index in [1.165, 1.54) is 0 Å². The van der Waals surface area contributed by atoms with Gasteiger partial charge in [-0.25, -0.2) is 4.79 Å². The molecule has 0 spiro atoms. The van der Waals surface area contributed by atoms with Crippen molar-refractivity contribution in [3.05, 3.63) is 60.2 Å². The van der Waals surface area contributed by atoms with Gasteiger partial charge in [0.1, 0.15) is 5.75 Å². The number of anilines is 1. The van der Waals surface area contributed by atoms with E-state index in [9.17, 15) is 9.59 Å². The fourth-order valence-electron chi connectivity index (χ4n) is 2.96. The first kappa shape index (κ1) is 16.1. The minimum Gasteiger partial charge on any atom is -0.482 e. The molecule has 0 atom stereocenters. The Balaban J connectivity index is 1.69. The molecule has 5 nitrogen and oxygen atoms in total. The monoisotopic (exact) mass is 325 g/mol. The molecule has 5 heteroatoms. The second kappa shape index (κ2) is 6.74. The van der Waals surface area contributed by atoms with Crippen LogP contribution in [-0.2, 0) is 15.0 Å². The third kappa shape index (κ3) is 3.25. The fourth-order valence-corrected chi connectivity index (χ4v) is 2.96. The Labute approximate surface area is 140 Å². The van der Waals surface area contributed by atoms with Crippen molar-refractivity contribution in [3.8, 4) is 5.75 Å². The van der Waals surface area contributed by atoms with Crippen molar-refractivity contribution < 1.29 is 19.4 Å². The Bertz CT molecular complexity index is 721. The first-order valence-corrected chi connectivity index (χ1v) is 7.92. The highest BCUT2D eigenvalue weighted by atomic mass is 16.5. The maximum Gasteiger partial charge on any atom is 0.341 e. The van der Waals surface area contributed by atoms with Gasteiger partial charge in [0.05, 0.1) is 5.41 Å². The fraction of sp³-hybridized carbons (Fsp3) is 0.263. The van der Waals surface area contributed by atoms with Gasteiger partial charge < -0.3 is 15.2 Å². The van der Waals surface area contributed by atoms with Crippen LogP contribution in [0, 0.1) is 0 Å². The molecule has 1 aliphatic carbocycles. The standard InChI is InChI=1S/C19H19NO4/c21-17(22)13-24-16-9-7-15(8-10-16)20-18(23)19(11-4-12-19)14-5-2-1-3-6-14/h1-3,5-10H,4,11-13H2,(H,20,23)(H,21,22). The second-order valence-corrected chi connectivity index (χ2v) is 5.96. The van der Waals surface area contributed by atoms with Gasteiger partial charge in [0.2, 0.25) is 5.91 Å². The number of carbonyl (C=O) groups is 2. The van der Waals surface area contributed by atoms with Crippen LogP contribution in [0.1, 0.15) is 24.8 Å². The van der Waals surface area contributed by atoms with Crippen molar-refractivity contribution in [2.75, 3.05) is 11.9 Å². The van der Waals surface area contributed by atoms with E-state index < -0.39 is 11.4 Å². The summed E-state index contributed by atoms with van der Waals surface area (Å²) in [6, 6.07) is 16.6. The number of aliphatic carboxylic acids is 1. The molecule has 1 amide bonds. The second-order valence-electron chi connectivity index (χ2n) is 5.96. The molecule has 0 aromatic heterocycles. The summed E-state index contributed by atoms with van der Waals surface area (Å²) in [5.74, 6) is -0.571. The normalized spacial score (nSPS) is 15.2. The molecule has 1 fully saturated rings. The van der Waals surface area contributed by atoms with Crippen molar-refractivity contribution >= 4 is 17.6 Å².